The maximum absolute atomic E-state index is 12.2. The van der Waals surface area contributed by atoms with Crippen molar-refractivity contribution >= 4 is 11.8 Å². The highest BCUT2D eigenvalue weighted by Crippen LogP contribution is 2.37. The van der Waals surface area contributed by atoms with Crippen LogP contribution >= 0.6 is 11.8 Å². The first-order chi connectivity index (χ1) is 5.81. The Labute approximate surface area is 77.9 Å². The van der Waals surface area contributed by atoms with E-state index >= 15 is 0 Å². The van der Waals surface area contributed by atoms with Gasteiger partial charge >= 0.3 is 12.1 Å². The van der Waals surface area contributed by atoms with Crippen molar-refractivity contribution in [1.29, 1.82) is 0 Å². The second-order valence-corrected chi connectivity index (χ2v) is 3.57. The molecule has 0 atom stereocenters. The summed E-state index contributed by atoms with van der Waals surface area (Å²) in [6.07, 6.45) is -4.33. The van der Waals surface area contributed by atoms with Crippen molar-refractivity contribution in [2.45, 2.75) is 24.9 Å². The van der Waals surface area contributed by atoms with Crippen molar-refractivity contribution in [1.82, 2.24) is 0 Å². The Morgan fingerprint density at radius 2 is 1.62 bits per heavy atom. The van der Waals surface area contributed by atoms with E-state index in [0.717, 1.165) is 0 Å². The molecule has 0 spiro atoms. The lowest BCUT2D eigenvalue weighted by atomic mass is 10.4. The van der Waals surface area contributed by atoms with E-state index in [9.17, 15) is 22.0 Å². The van der Waals surface area contributed by atoms with Crippen molar-refractivity contribution < 1.29 is 22.0 Å². The third kappa shape index (κ3) is 4.69. The molecule has 6 heteroatoms. The number of hydrogen-bond acceptors (Lipinski definition) is 1. The average Bonchev–Trinajstić information content (AvgIpc) is 1.96. The highest BCUT2D eigenvalue weighted by Gasteiger charge is 2.56. The van der Waals surface area contributed by atoms with E-state index in [4.69, 9.17) is 0 Å². The van der Waals surface area contributed by atoms with Crippen molar-refractivity contribution in [3.8, 4) is 0 Å². The van der Waals surface area contributed by atoms with Crippen LogP contribution in [0, 0.1) is 6.92 Å². The summed E-state index contributed by atoms with van der Waals surface area (Å²) in [6.45, 7) is 3.45. The van der Waals surface area contributed by atoms with E-state index in [1.807, 2.05) is 0 Å². The molecule has 0 rings (SSSR count). The zero-order valence-corrected chi connectivity index (χ0v) is 7.65. The maximum atomic E-state index is 12.2. The van der Waals surface area contributed by atoms with Gasteiger partial charge < -0.3 is 0 Å². The SMILES string of the molecule is [CH2]CCCSCC(F)(F)C(F)(F)F. The maximum Gasteiger partial charge on any atom is 0.454 e. The molecule has 0 aliphatic rings. The van der Waals surface area contributed by atoms with Gasteiger partial charge in [0.15, 0.2) is 0 Å². The Morgan fingerprint density at radius 3 is 2.00 bits per heavy atom. The Morgan fingerprint density at radius 1 is 1.08 bits per heavy atom. The van der Waals surface area contributed by atoms with Crippen LogP contribution in [0.3, 0.4) is 0 Å². The molecule has 0 N–H and O–H groups in total. The molecule has 0 saturated heterocycles. The Hall–Kier alpha value is -0.0000000000000000555. The Bertz CT molecular complexity index is 142. The summed E-state index contributed by atoms with van der Waals surface area (Å²) in [5.41, 5.74) is 0. The number of alkyl halides is 5. The fourth-order valence-electron chi connectivity index (χ4n) is 0.486. The second-order valence-electron chi connectivity index (χ2n) is 2.46. The predicted molar refractivity (Wildman–Crippen MR) is 42.9 cm³/mol. The van der Waals surface area contributed by atoms with Gasteiger partial charge in [-0.3, -0.25) is 0 Å². The molecule has 0 unspecified atom stereocenters. The van der Waals surface area contributed by atoms with Crippen LogP contribution in [0.15, 0.2) is 0 Å². The van der Waals surface area contributed by atoms with Gasteiger partial charge in [-0.25, -0.2) is 0 Å². The molecule has 79 valence electrons. The van der Waals surface area contributed by atoms with Gasteiger partial charge in [-0.2, -0.15) is 33.7 Å². The minimum atomic E-state index is -5.43. The van der Waals surface area contributed by atoms with Crippen LogP contribution in [0.1, 0.15) is 12.8 Å². The van der Waals surface area contributed by atoms with E-state index < -0.39 is 17.9 Å². The minimum Gasteiger partial charge on any atom is -0.195 e. The predicted octanol–water partition coefficient (Wildman–Crippen LogP) is 3.53. The van der Waals surface area contributed by atoms with Gasteiger partial charge in [-0.05, 0) is 12.2 Å². The molecule has 1 radical (unpaired) electrons. The zero-order chi connectivity index (χ0) is 10.5. The van der Waals surface area contributed by atoms with Crippen LogP contribution in [0.25, 0.3) is 0 Å². The first-order valence-corrected chi connectivity index (χ1v) is 4.78. The molecule has 0 aromatic heterocycles. The molecule has 0 aromatic rings. The van der Waals surface area contributed by atoms with Gasteiger partial charge in [0.25, 0.3) is 0 Å². The molecule has 0 aliphatic heterocycles. The molecule has 0 aromatic carbocycles. The molecule has 0 aliphatic carbocycles. The number of unbranched alkanes of at least 4 members (excludes halogenated alkanes) is 1. The van der Waals surface area contributed by atoms with Crippen LogP contribution in [0.2, 0.25) is 0 Å². The summed E-state index contributed by atoms with van der Waals surface area (Å²) in [5.74, 6) is -5.48. The van der Waals surface area contributed by atoms with Gasteiger partial charge in [-0.1, -0.05) is 13.3 Å². The molecule has 0 amide bonds. The van der Waals surface area contributed by atoms with Crippen LogP contribution in [-0.4, -0.2) is 23.6 Å². The highest BCUT2D eigenvalue weighted by atomic mass is 32.2. The van der Waals surface area contributed by atoms with Gasteiger partial charge in [0.1, 0.15) is 0 Å². The number of halogens is 5. The monoisotopic (exact) mass is 221 g/mol. The molecule has 13 heavy (non-hydrogen) atoms. The smallest absolute Gasteiger partial charge is 0.195 e. The third-order valence-electron chi connectivity index (χ3n) is 1.24. The van der Waals surface area contributed by atoms with E-state index in [1.54, 1.807) is 0 Å². The van der Waals surface area contributed by atoms with Crippen LogP contribution in [0.5, 0.6) is 0 Å². The zero-order valence-electron chi connectivity index (χ0n) is 6.83. The minimum absolute atomic E-state index is 0.287. The molecule has 0 saturated carbocycles. The summed E-state index contributed by atoms with van der Waals surface area (Å²) < 4.78 is 59.1. The first kappa shape index (κ1) is 13.0. The van der Waals surface area contributed by atoms with Crippen LogP contribution in [0.4, 0.5) is 22.0 Å². The normalized spacial score (nSPS) is 13.4. The summed E-state index contributed by atoms with van der Waals surface area (Å²) >= 11 is 0.602. The topological polar surface area (TPSA) is 0 Å². The Kier molecular flexibility index (Phi) is 5.02. The van der Waals surface area contributed by atoms with Gasteiger partial charge in [0, 0.05) is 0 Å². The lowest BCUT2D eigenvalue weighted by Gasteiger charge is -2.18. The lowest BCUT2D eigenvalue weighted by molar-refractivity contribution is -0.271. The van der Waals surface area contributed by atoms with Gasteiger partial charge in [-0.15, -0.1) is 0 Å². The fraction of sp³-hybridized carbons (Fsp3) is 0.857. The highest BCUT2D eigenvalue weighted by molar-refractivity contribution is 7.99. The van der Waals surface area contributed by atoms with E-state index in [1.165, 1.54) is 0 Å². The van der Waals surface area contributed by atoms with Gasteiger partial charge in [0.2, 0.25) is 0 Å². The number of thioether (sulfide) groups is 1. The largest absolute Gasteiger partial charge is 0.454 e. The lowest BCUT2D eigenvalue weighted by Crippen LogP contribution is -2.38. The van der Waals surface area contributed by atoms with Crippen molar-refractivity contribution in [2.75, 3.05) is 11.5 Å². The van der Waals surface area contributed by atoms with Crippen LogP contribution in [-0.2, 0) is 0 Å². The Balaban J connectivity index is 3.77. The number of rotatable bonds is 5. The third-order valence-corrected chi connectivity index (χ3v) is 2.38. The fourth-order valence-corrected chi connectivity index (χ4v) is 1.46. The van der Waals surface area contributed by atoms with Crippen molar-refractivity contribution in [3.63, 3.8) is 0 Å². The molecular weight excluding hydrogens is 211 g/mol. The van der Waals surface area contributed by atoms with Crippen molar-refractivity contribution in [2.24, 2.45) is 0 Å². The first-order valence-electron chi connectivity index (χ1n) is 3.63. The number of hydrogen-bond donors (Lipinski definition) is 0. The summed E-state index contributed by atoms with van der Waals surface area (Å²) in [6, 6.07) is 0. The summed E-state index contributed by atoms with van der Waals surface area (Å²) in [5, 5.41) is 0. The summed E-state index contributed by atoms with van der Waals surface area (Å²) in [4.78, 5) is 0. The van der Waals surface area contributed by atoms with Gasteiger partial charge in [0.05, 0.1) is 5.75 Å². The quantitative estimate of drug-likeness (QED) is 0.505. The van der Waals surface area contributed by atoms with E-state index in [-0.39, 0.29) is 5.75 Å². The van der Waals surface area contributed by atoms with E-state index in [2.05, 4.69) is 6.92 Å². The van der Waals surface area contributed by atoms with Crippen LogP contribution < -0.4 is 0 Å². The molecule has 0 fully saturated rings. The molecule has 0 heterocycles. The second kappa shape index (κ2) is 5.02. The average molecular weight is 221 g/mol. The van der Waals surface area contributed by atoms with Crippen molar-refractivity contribution in [3.05, 3.63) is 6.92 Å². The summed E-state index contributed by atoms with van der Waals surface area (Å²) in [7, 11) is 0. The molecular formula is C7H10F5S. The molecule has 0 bridgehead atoms. The molecule has 0 nitrogen and oxygen atoms in total. The van der Waals surface area contributed by atoms with E-state index in [0.29, 0.717) is 24.6 Å². The standard InChI is InChI=1S/C7H10F5S/c1-2-3-4-13-5-6(8,9)7(10,11)12/h1-5H2.